The molecule has 3 nitrogen and oxygen atoms in total. The molecule has 0 aromatic rings. The number of likely N-dealkylation sites (tertiary alicyclic amines) is 1. The summed E-state index contributed by atoms with van der Waals surface area (Å²) in [6.07, 6.45) is 6.18. The quantitative estimate of drug-likeness (QED) is 0.846. The number of hydrogen-bond acceptors (Lipinski definition) is 2. The van der Waals surface area contributed by atoms with Crippen LogP contribution in [0.25, 0.3) is 0 Å². The first-order chi connectivity index (χ1) is 8.58. The van der Waals surface area contributed by atoms with Gasteiger partial charge in [0.1, 0.15) is 0 Å². The van der Waals surface area contributed by atoms with E-state index in [4.69, 9.17) is 0 Å². The van der Waals surface area contributed by atoms with E-state index in [0.29, 0.717) is 11.8 Å². The lowest BCUT2D eigenvalue weighted by Gasteiger charge is -2.35. The fraction of sp³-hybridized carbons (Fsp3) is 0.933. The lowest BCUT2D eigenvalue weighted by atomic mass is 9.88. The molecule has 2 atom stereocenters. The van der Waals surface area contributed by atoms with Gasteiger partial charge in [0.15, 0.2) is 0 Å². The van der Waals surface area contributed by atoms with Crippen LogP contribution in [-0.2, 0) is 4.79 Å². The summed E-state index contributed by atoms with van der Waals surface area (Å²) in [5.41, 5.74) is 0.279. The van der Waals surface area contributed by atoms with E-state index in [2.05, 4.69) is 24.1 Å². The molecule has 0 spiro atoms. The molecule has 19 heavy (non-hydrogen) atoms. The minimum absolute atomic E-state index is 0. The van der Waals surface area contributed by atoms with Crippen molar-refractivity contribution in [2.24, 2.45) is 17.3 Å². The van der Waals surface area contributed by atoms with E-state index in [1.165, 1.54) is 32.2 Å². The molecule has 3 aliphatic rings. The van der Waals surface area contributed by atoms with Crippen LogP contribution in [-0.4, -0.2) is 36.5 Å². The summed E-state index contributed by atoms with van der Waals surface area (Å²) < 4.78 is 0. The fourth-order valence-electron chi connectivity index (χ4n) is 3.75. The summed E-state index contributed by atoms with van der Waals surface area (Å²) >= 11 is 0. The van der Waals surface area contributed by atoms with Gasteiger partial charge in [0.25, 0.3) is 0 Å². The summed E-state index contributed by atoms with van der Waals surface area (Å²) in [5.74, 6) is 1.56. The highest BCUT2D eigenvalue weighted by Gasteiger charge is 2.52. The second kappa shape index (κ2) is 5.61. The molecule has 2 heterocycles. The minimum atomic E-state index is 0. The molecule has 2 aliphatic heterocycles. The minimum Gasteiger partial charge on any atom is -0.342 e. The van der Waals surface area contributed by atoms with Crippen molar-refractivity contribution in [3.8, 4) is 0 Å². The van der Waals surface area contributed by atoms with Gasteiger partial charge < -0.3 is 10.2 Å². The highest BCUT2D eigenvalue weighted by atomic mass is 35.5. The molecule has 3 rings (SSSR count). The number of nitrogens with zero attached hydrogens (tertiary/aromatic N) is 1. The summed E-state index contributed by atoms with van der Waals surface area (Å²) in [4.78, 5) is 14.4. The smallest absolute Gasteiger partial charge is 0.226 e. The summed E-state index contributed by atoms with van der Waals surface area (Å²) in [7, 11) is 0. The predicted molar refractivity (Wildman–Crippen MR) is 79.5 cm³/mol. The highest BCUT2D eigenvalue weighted by Crippen LogP contribution is 2.52. The first kappa shape index (κ1) is 15.1. The predicted octanol–water partition coefficient (Wildman–Crippen LogP) is 2.44. The largest absolute Gasteiger partial charge is 0.342 e. The Balaban J connectivity index is 0.00000133. The van der Waals surface area contributed by atoms with Crippen molar-refractivity contribution in [1.82, 2.24) is 10.2 Å². The van der Waals surface area contributed by atoms with Crippen LogP contribution in [0, 0.1) is 17.3 Å². The third kappa shape index (κ3) is 3.08. The third-order valence-corrected chi connectivity index (χ3v) is 5.33. The number of hydrogen-bond donors (Lipinski definition) is 1. The Hall–Kier alpha value is -0.280. The van der Waals surface area contributed by atoms with Crippen LogP contribution >= 0.6 is 12.4 Å². The van der Waals surface area contributed by atoms with Gasteiger partial charge in [-0.05, 0) is 50.0 Å². The molecule has 2 unspecified atom stereocenters. The van der Waals surface area contributed by atoms with Gasteiger partial charge in [0.05, 0.1) is 0 Å². The van der Waals surface area contributed by atoms with Gasteiger partial charge in [-0.15, -0.1) is 12.4 Å². The van der Waals surface area contributed by atoms with E-state index in [1.54, 1.807) is 0 Å². The van der Waals surface area contributed by atoms with Crippen LogP contribution in [0.2, 0.25) is 0 Å². The Labute approximate surface area is 122 Å². The van der Waals surface area contributed by atoms with Crippen LogP contribution in [0.5, 0.6) is 0 Å². The molecule has 110 valence electrons. The van der Waals surface area contributed by atoms with E-state index >= 15 is 0 Å². The number of rotatable bonds is 2. The normalized spacial score (nSPS) is 33.9. The van der Waals surface area contributed by atoms with Crippen molar-refractivity contribution in [2.75, 3.05) is 19.6 Å². The molecule has 3 fully saturated rings. The number of halogens is 1. The standard InChI is InChI=1S/C15H26N2O.ClH/c1-15(2)10-12(15)14(18)17-8-5-11(6-9-17)13-4-3-7-16-13;/h11-13,16H,3-10H2,1-2H3;1H. The van der Waals surface area contributed by atoms with Crippen LogP contribution in [0.3, 0.4) is 0 Å². The molecule has 0 bridgehead atoms. The maximum atomic E-state index is 12.3. The van der Waals surface area contributed by atoms with E-state index in [-0.39, 0.29) is 17.8 Å². The summed E-state index contributed by atoms with van der Waals surface area (Å²) in [6.45, 7) is 7.61. The molecule has 1 amide bonds. The van der Waals surface area contributed by atoms with Crippen LogP contribution in [0.1, 0.15) is 46.0 Å². The Morgan fingerprint density at radius 2 is 1.84 bits per heavy atom. The highest BCUT2D eigenvalue weighted by molar-refractivity contribution is 5.85. The van der Waals surface area contributed by atoms with Gasteiger partial charge in [-0.2, -0.15) is 0 Å². The second-order valence-corrected chi connectivity index (χ2v) is 7.11. The third-order valence-electron chi connectivity index (χ3n) is 5.33. The molecular formula is C15H27ClN2O. The number of nitrogens with one attached hydrogen (secondary N) is 1. The average Bonchev–Trinajstić information content (AvgIpc) is 2.82. The first-order valence-electron chi connectivity index (χ1n) is 7.60. The van der Waals surface area contributed by atoms with Crippen molar-refractivity contribution in [3.63, 3.8) is 0 Å². The van der Waals surface area contributed by atoms with Crippen molar-refractivity contribution in [3.05, 3.63) is 0 Å². The molecule has 4 heteroatoms. The molecule has 0 aromatic carbocycles. The SMILES string of the molecule is CC1(C)CC1C(=O)N1CCC(C2CCCN2)CC1.Cl. The van der Waals surface area contributed by atoms with Gasteiger partial charge in [0.2, 0.25) is 5.91 Å². The topological polar surface area (TPSA) is 32.3 Å². The number of piperidine rings is 1. The molecule has 1 N–H and O–H groups in total. The Bertz CT molecular complexity index is 331. The van der Waals surface area contributed by atoms with Gasteiger partial charge in [-0.1, -0.05) is 13.8 Å². The zero-order valence-electron chi connectivity index (χ0n) is 12.2. The first-order valence-corrected chi connectivity index (χ1v) is 7.60. The molecule has 0 aromatic heterocycles. The monoisotopic (exact) mass is 286 g/mol. The van der Waals surface area contributed by atoms with Crippen LogP contribution < -0.4 is 5.32 Å². The average molecular weight is 287 g/mol. The molecular weight excluding hydrogens is 260 g/mol. The zero-order chi connectivity index (χ0) is 12.8. The van der Waals surface area contributed by atoms with E-state index in [9.17, 15) is 4.79 Å². The van der Waals surface area contributed by atoms with Gasteiger partial charge in [-0.3, -0.25) is 4.79 Å². The maximum Gasteiger partial charge on any atom is 0.226 e. The van der Waals surface area contributed by atoms with Gasteiger partial charge >= 0.3 is 0 Å². The summed E-state index contributed by atoms with van der Waals surface area (Å²) in [5, 5.41) is 3.62. The van der Waals surface area contributed by atoms with E-state index in [1.807, 2.05) is 0 Å². The van der Waals surface area contributed by atoms with E-state index < -0.39 is 0 Å². The summed E-state index contributed by atoms with van der Waals surface area (Å²) in [6, 6.07) is 0.736. The second-order valence-electron chi connectivity index (χ2n) is 7.11. The molecule has 2 saturated heterocycles. The van der Waals surface area contributed by atoms with Crippen molar-refractivity contribution < 1.29 is 4.79 Å². The lowest BCUT2D eigenvalue weighted by molar-refractivity contribution is -0.134. The number of carbonyl (C=O) groups excluding carboxylic acids is 1. The lowest BCUT2D eigenvalue weighted by Crippen LogP contribution is -2.44. The Morgan fingerprint density at radius 3 is 2.32 bits per heavy atom. The van der Waals surface area contributed by atoms with Crippen molar-refractivity contribution >= 4 is 18.3 Å². The van der Waals surface area contributed by atoms with Crippen molar-refractivity contribution in [1.29, 1.82) is 0 Å². The Kier molecular flexibility index (Phi) is 4.46. The van der Waals surface area contributed by atoms with Crippen LogP contribution in [0.4, 0.5) is 0 Å². The van der Waals surface area contributed by atoms with Crippen molar-refractivity contribution in [2.45, 2.75) is 52.0 Å². The number of carbonyl (C=O) groups is 1. The van der Waals surface area contributed by atoms with E-state index in [0.717, 1.165) is 31.5 Å². The Morgan fingerprint density at radius 1 is 1.21 bits per heavy atom. The zero-order valence-corrected chi connectivity index (χ0v) is 13.0. The fourth-order valence-corrected chi connectivity index (χ4v) is 3.75. The van der Waals surface area contributed by atoms with Crippen LogP contribution in [0.15, 0.2) is 0 Å². The molecule has 1 saturated carbocycles. The van der Waals surface area contributed by atoms with Gasteiger partial charge in [-0.25, -0.2) is 0 Å². The number of amides is 1. The molecule has 1 aliphatic carbocycles. The molecule has 0 radical (unpaired) electrons. The maximum absolute atomic E-state index is 12.3. The van der Waals surface area contributed by atoms with Gasteiger partial charge in [0, 0.05) is 25.0 Å².